The first-order valence-electron chi connectivity index (χ1n) is 11.5. The van der Waals surface area contributed by atoms with Crippen LogP contribution in [0.3, 0.4) is 0 Å². The Hall–Kier alpha value is -3.44. The number of carbonyl (C=O) groups is 1. The van der Waals surface area contributed by atoms with E-state index in [-0.39, 0.29) is 37.2 Å². The molecule has 1 fully saturated rings. The first-order chi connectivity index (χ1) is 18.0. The van der Waals surface area contributed by atoms with Crippen molar-refractivity contribution >= 4 is 51.9 Å². The van der Waals surface area contributed by atoms with Crippen molar-refractivity contribution in [3.8, 4) is 0 Å². The summed E-state index contributed by atoms with van der Waals surface area (Å²) in [5, 5.41) is 5.95. The first-order valence-corrected chi connectivity index (χ1v) is 12.3. The summed E-state index contributed by atoms with van der Waals surface area (Å²) in [7, 11) is 0. The molecule has 0 saturated carbocycles. The van der Waals surface area contributed by atoms with Crippen LogP contribution in [0.25, 0.3) is 0 Å². The molecule has 0 aromatic heterocycles. The number of hydrogen-bond acceptors (Lipinski definition) is 4. The molecule has 3 aromatic rings. The van der Waals surface area contributed by atoms with Crippen LogP contribution in [-0.2, 0) is 0 Å². The smallest absolute Gasteiger partial charge is 0.257 e. The number of carbonyl (C=O) groups excluding carboxylic acids is 1. The van der Waals surface area contributed by atoms with Gasteiger partial charge in [0, 0.05) is 37.4 Å². The zero-order chi connectivity index (χ0) is 27.7. The minimum atomic E-state index is -2.19. The van der Waals surface area contributed by atoms with E-state index >= 15 is 0 Å². The van der Waals surface area contributed by atoms with Crippen LogP contribution in [0.15, 0.2) is 36.4 Å². The third-order valence-corrected chi connectivity index (χ3v) is 6.69. The van der Waals surface area contributed by atoms with E-state index < -0.39 is 34.8 Å². The lowest BCUT2D eigenvalue weighted by Crippen LogP contribution is -2.47. The molecule has 200 valence electrons. The highest BCUT2D eigenvalue weighted by Gasteiger charge is 2.31. The second-order valence-electron chi connectivity index (χ2n) is 8.79. The summed E-state index contributed by atoms with van der Waals surface area (Å²) in [6.07, 6.45) is 0. The fraction of sp³-hybridized carbons (Fsp3) is 0.231. The lowest BCUT2D eigenvalue weighted by Gasteiger charge is -2.38. The van der Waals surface area contributed by atoms with Crippen LogP contribution >= 0.6 is 23.8 Å². The molecule has 0 bridgehead atoms. The standard InChI is InChI=1S/C26H22ClF5N4OS/c1-13-3-5-16(14(2)11-13)25(37)34-26(38)33-15-4-6-18(17(27)12-15)35-7-9-36(10-8-35)24-22(31)20(29)19(28)21(30)23(24)32/h3-6,11-12H,7-10H2,1-2H3,(H2,33,34,37,38). The molecule has 1 heterocycles. The van der Waals surface area contributed by atoms with Crippen molar-refractivity contribution in [2.45, 2.75) is 13.8 Å². The van der Waals surface area contributed by atoms with E-state index in [1.165, 1.54) is 0 Å². The van der Waals surface area contributed by atoms with Gasteiger partial charge in [0.05, 0.1) is 10.7 Å². The molecule has 4 rings (SSSR count). The van der Waals surface area contributed by atoms with Gasteiger partial charge in [-0.1, -0.05) is 29.3 Å². The summed E-state index contributed by atoms with van der Waals surface area (Å²) in [4.78, 5) is 15.5. The van der Waals surface area contributed by atoms with E-state index in [0.717, 1.165) is 16.0 Å². The van der Waals surface area contributed by atoms with Crippen LogP contribution in [0, 0.1) is 42.9 Å². The van der Waals surface area contributed by atoms with Gasteiger partial charge in [-0.05, 0) is 55.9 Å². The quantitative estimate of drug-likeness (QED) is 0.172. The maximum atomic E-state index is 14.2. The monoisotopic (exact) mass is 568 g/mol. The van der Waals surface area contributed by atoms with E-state index in [0.29, 0.717) is 22.0 Å². The minimum Gasteiger partial charge on any atom is -0.367 e. The highest BCUT2D eigenvalue weighted by atomic mass is 35.5. The van der Waals surface area contributed by atoms with Gasteiger partial charge in [-0.3, -0.25) is 10.1 Å². The van der Waals surface area contributed by atoms with E-state index in [1.807, 2.05) is 30.9 Å². The predicted molar refractivity (Wildman–Crippen MR) is 142 cm³/mol. The van der Waals surface area contributed by atoms with E-state index in [1.54, 1.807) is 24.3 Å². The van der Waals surface area contributed by atoms with Gasteiger partial charge in [-0.15, -0.1) is 0 Å². The first kappa shape index (κ1) is 27.6. The van der Waals surface area contributed by atoms with Crippen LogP contribution in [-0.4, -0.2) is 37.2 Å². The number of nitrogens with one attached hydrogen (secondary N) is 2. The molecule has 0 radical (unpaired) electrons. The van der Waals surface area contributed by atoms with E-state index in [4.69, 9.17) is 23.8 Å². The Labute approximate surface area is 226 Å². The Morgan fingerprint density at radius 1 is 0.842 bits per heavy atom. The van der Waals surface area contributed by atoms with E-state index in [9.17, 15) is 26.7 Å². The summed E-state index contributed by atoms with van der Waals surface area (Å²) in [6, 6.07) is 10.4. The minimum absolute atomic E-state index is 0.00320. The van der Waals surface area contributed by atoms with Crippen LogP contribution in [0.5, 0.6) is 0 Å². The Kier molecular flexibility index (Phi) is 8.08. The number of piperazine rings is 1. The van der Waals surface area contributed by atoms with Gasteiger partial charge in [-0.25, -0.2) is 22.0 Å². The zero-order valence-corrected chi connectivity index (χ0v) is 21.8. The number of benzene rings is 3. The third-order valence-electron chi connectivity index (χ3n) is 6.18. The van der Waals surface area contributed by atoms with Crippen molar-refractivity contribution in [2.75, 3.05) is 41.3 Å². The lowest BCUT2D eigenvalue weighted by atomic mass is 10.1. The fourth-order valence-electron chi connectivity index (χ4n) is 4.28. The summed E-state index contributed by atoms with van der Waals surface area (Å²) < 4.78 is 69.0. The Morgan fingerprint density at radius 2 is 1.42 bits per heavy atom. The third kappa shape index (κ3) is 5.53. The van der Waals surface area contributed by atoms with Crippen molar-refractivity contribution in [1.29, 1.82) is 0 Å². The number of amides is 1. The van der Waals surface area contributed by atoms with Gasteiger partial charge >= 0.3 is 0 Å². The molecule has 5 nitrogen and oxygen atoms in total. The number of aryl methyl sites for hydroxylation is 2. The van der Waals surface area contributed by atoms with Gasteiger partial charge in [0.15, 0.2) is 28.4 Å². The van der Waals surface area contributed by atoms with Crippen molar-refractivity contribution < 1.29 is 26.7 Å². The van der Waals surface area contributed by atoms with Crippen LogP contribution in [0.4, 0.5) is 39.0 Å². The van der Waals surface area contributed by atoms with Crippen LogP contribution < -0.4 is 20.4 Å². The summed E-state index contributed by atoms with van der Waals surface area (Å²) >= 11 is 11.7. The van der Waals surface area contributed by atoms with Gasteiger partial charge in [-0.2, -0.15) is 0 Å². The van der Waals surface area contributed by atoms with Gasteiger partial charge in [0.2, 0.25) is 5.82 Å². The summed E-state index contributed by atoms with van der Waals surface area (Å²) in [5.74, 6) is -10.2. The predicted octanol–water partition coefficient (Wildman–Crippen LogP) is 6.11. The maximum absolute atomic E-state index is 14.2. The zero-order valence-electron chi connectivity index (χ0n) is 20.3. The lowest BCUT2D eigenvalue weighted by molar-refractivity contribution is 0.0977. The second-order valence-corrected chi connectivity index (χ2v) is 9.60. The molecule has 12 heteroatoms. The number of anilines is 3. The van der Waals surface area contributed by atoms with Crippen LogP contribution in [0.2, 0.25) is 5.02 Å². The van der Waals surface area contributed by atoms with Crippen molar-refractivity contribution in [3.63, 3.8) is 0 Å². The topological polar surface area (TPSA) is 47.6 Å². The summed E-state index contributed by atoms with van der Waals surface area (Å²) in [6.45, 7) is 4.21. The van der Waals surface area contributed by atoms with Gasteiger partial charge in [0.25, 0.3) is 5.91 Å². The molecule has 0 unspecified atom stereocenters. The fourth-order valence-corrected chi connectivity index (χ4v) is 4.79. The molecule has 1 amide bonds. The molecule has 2 N–H and O–H groups in total. The molecule has 38 heavy (non-hydrogen) atoms. The number of hydrogen-bond donors (Lipinski definition) is 2. The van der Waals surface area contributed by atoms with Crippen molar-refractivity contribution in [1.82, 2.24) is 5.32 Å². The largest absolute Gasteiger partial charge is 0.367 e. The molecule has 3 aromatic carbocycles. The normalized spacial score (nSPS) is 13.5. The van der Waals surface area contributed by atoms with Crippen molar-refractivity contribution in [2.24, 2.45) is 0 Å². The SMILES string of the molecule is Cc1ccc(C(=O)NC(=S)Nc2ccc(N3CCN(c4c(F)c(F)c(F)c(F)c4F)CC3)c(Cl)c2)c(C)c1. The molecule has 1 aliphatic rings. The molecule has 0 spiro atoms. The molecule has 0 atom stereocenters. The molecular formula is C26H22ClF5N4OS. The Balaban J connectivity index is 1.39. The van der Waals surface area contributed by atoms with Crippen LogP contribution in [0.1, 0.15) is 21.5 Å². The molecule has 0 aliphatic carbocycles. The molecular weight excluding hydrogens is 547 g/mol. The highest BCUT2D eigenvalue weighted by molar-refractivity contribution is 7.80. The molecule has 1 aliphatic heterocycles. The van der Waals surface area contributed by atoms with E-state index in [2.05, 4.69) is 10.6 Å². The molecule has 1 saturated heterocycles. The highest BCUT2D eigenvalue weighted by Crippen LogP contribution is 2.33. The number of halogens is 6. The number of rotatable bonds is 4. The number of nitrogens with zero attached hydrogens (tertiary/aromatic N) is 2. The average molecular weight is 569 g/mol. The Morgan fingerprint density at radius 3 is 2.00 bits per heavy atom. The van der Waals surface area contributed by atoms with Gasteiger partial charge in [0.1, 0.15) is 5.69 Å². The second kappa shape index (κ2) is 11.1. The summed E-state index contributed by atoms with van der Waals surface area (Å²) in [5.41, 5.74) is 2.54. The Bertz CT molecular complexity index is 1400. The van der Waals surface area contributed by atoms with Crippen molar-refractivity contribution in [3.05, 3.63) is 87.2 Å². The number of thiocarbonyl (C=S) groups is 1. The maximum Gasteiger partial charge on any atom is 0.257 e. The average Bonchev–Trinajstić information content (AvgIpc) is 2.87. The van der Waals surface area contributed by atoms with Gasteiger partial charge < -0.3 is 15.1 Å².